The van der Waals surface area contributed by atoms with Crippen LogP contribution in [0.3, 0.4) is 0 Å². The Labute approximate surface area is 94.5 Å². The van der Waals surface area contributed by atoms with Gasteiger partial charge in [0.15, 0.2) is 0 Å². The van der Waals surface area contributed by atoms with Crippen molar-refractivity contribution in [1.29, 1.82) is 0 Å². The second-order valence-electron chi connectivity index (χ2n) is 4.77. The minimum atomic E-state index is -0.565. The number of H-pyrrole nitrogens is 1. The molecule has 2 aromatic rings. The summed E-state index contributed by atoms with van der Waals surface area (Å²) in [5, 5.41) is 10.2. The molecule has 0 bridgehead atoms. The molecule has 4 nitrogen and oxygen atoms in total. The van der Waals surface area contributed by atoms with Crippen LogP contribution in [-0.4, -0.2) is 21.6 Å². The first-order valence-corrected chi connectivity index (χ1v) is 5.36. The molecule has 0 saturated heterocycles. The lowest BCUT2D eigenvalue weighted by Gasteiger charge is -2.29. The van der Waals surface area contributed by atoms with Gasteiger partial charge in [-0.15, -0.1) is 0 Å². The Kier molecular flexibility index (Phi) is 2.69. The van der Waals surface area contributed by atoms with E-state index in [1.54, 1.807) is 6.33 Å². The van der Waals surface area contributed by atoms with Gasteiger partial charge in [0.05, 0.1) is 23.5 Å². The van der Waals surface area contributed by atoms with E-state index in [4.69, 9.17) is 5.73 Å². The molecule has 4 heteroatoms. The third kappa shape index (κ3) is 1.81. The van der Waals surface area contributed by atoms with Crippen molar-refractivity contribution in [2.75, 3.05) is 6.54 Å². The summed E-state index contributed by atoms with van der Waals surface area (Å²) in [6.07, 6.45) is 1.08. The Morgan fingerprint density at radius 3 is 2.94 bits per heavy atom. The largest absolute Gasteiger partial charge is 0.388 e. The highest BCUT2D eigenvalue weighted by atomic mass is 16.3. The molecule has 0 aliphatic rings. The second-order valence-corrected chi connectivity index (χ2v) is 4.77. The Balaban J connectivity index is 2.39. The fourth-order valence-corrected chi connectivity index (χ4v) is 1.69. The molecular weight excluding hydrogens is 202 g/mol. The molecule has 1 aromatic carbocycles. The van der Waals surface area contributed by atoms with Gasteiger partial charge in [0.25, 0.3) is 0 Å². The van der Waals surface area contributed by atoms with E-state index in [2.05, 4.69) is 9.97 Å². The summed E-state index contributed by atoms with van der Waals surface area (Å²) in [6.45, 7) is 4.35. The topological polar surface area (TPSA) is 74.9 Å². The van der Waals surface area contributed by atoms with Gasteiger partial charge in [0.2, 0.25) is 0 Å². The number of nitrogens with one attached hydrogen (secondary N) is 1. The number of aromatic nitrogens is 2. The highest BCUT2D eigenvalue weighted by Gasteiger charge is 2.27. The van der Waals surface area contributed by atoms with E-state index in [1.165, 1.54) is 0 Å². The number of hydrogen-bond donors (Lipinski definition) is 3. The predicted octanol–water partition coefficient (Wildman–Crippen LogP) is 1.58. The van der Waals surface area contributed by atoms with Crippen molar-refractivity contribution in [1.82, 2.24) is 9.97 Å². The first-order chi connectivity index (χ1) is 7.54. The van der Waals surface area contributed by atoms with Crippen molar-refractivity contribution < 1.29 is 5.11 Å². The van der Waals surface area contributed by atoms with Gasteiger partial charge < -0.3 is 15.8 Å². The van der Waals surface area contributed by atoms with Crippen molar-refractivity contribution in [3.8, 4) is 0 Å². The lowest BCUT2D eigenvalue weighted by molar-refractivity contribution is 0.0556. The molecule has 2 rings (SSSR count). The number of aliphatic hydroxyl groups is 1. The van der Waals surface area contributed by atoms with E-state index in [0.717, 1.165) is 16.6 Å². The zero-order chi connectivity index (χ0) is 11.8. The van der Waals surface area contributed by atoms with Crippen molar-refractivity contribution >= 4 is 11.0 Å². The molecule has 1 heterocycles. The van der Waals surface area contributed by atoms with Crippen LogP contribution < -0.4 is 5.73 Å². The monoisotopic (exact) mass is 219 g/mol. The number of rotatable bonds is 3. The summed E-state index contributed by atoms with van der Waals surface area (Å²) < 4.78 is 0. The van der Waals surface area contributed by atoms with Crippen LogP contribution in [-0.2, 0) is 0 Å². The standard InChI is InChI=1S/C12H17N3O/c1-12(2,6-13)11(16)8-3-4-9-10(5-8)15-7-14-9/h3-5,7,11,16H,6,13H2,1-2H3,(H,14,15). The van der Waals surface area contributed by atoms with E-state index in [1.807, 2.05) is 32.0 Å². The highest BCUT2D eigenvalue weighted by molar-refractivity contribution is 5.75. The highest BCUT2D eigenvalue weighted by Crippen LogP contribution is 2.32. The van der Waals surface area contributed by atoms with E-state index < -0.39 is 6.10 Å². The molecule has 0 radical (unpaired) electrons. The van der Waals surface area contributed by atoms with Crippen molar-refractivity contribution in [3.05, 3.63) is 30.1 Å². The maximum atomic E-state index is 10.2. The van der Waals surface area contributed by atoms with Crippen molar-refractivity contribution in [2.45, 2.75) is 20.0 Å². The molecule has 16 heavy (non-hydrogen) atoms. The van der Waals surface area contributed by atoms with Crippen molar-refractivity contribution in [2.24, 2.45) is 11.1 Å². The molecule has 0 aliphatic heterocycles. The fraction of sp³-hybridized carbons (Fsp3) is 0.417. The Morgan fingerprint density at radius 1 is 1.50 bits per heavy atom. The summed E-state index contributed by atoms with van der Waals surface area (Å²) in [7, 11) is 0. The molecule has 0 amide bonds. The molecule has 1 atom stereocenters. The third-order valence-corrected chi connectivity index (χ3v) is 3.03. The number of imidazole rings is 1. The smallest absolute Gasteiger partial charge is 0.0931 e. The van der Waals surface area contributed by atoms with E-state index >= 15 is 0 Å². The Bertz CT molecular complexity index is 490. The number of benzene rings is 1. The number of nitrogens with two attached hydrogens (primary N) is 1. The van der Waals surface area contributed by atoms with Crippen LogP contribution in [0, 0.1) is 5.41 Å². The Hall–Kier alpha value is -1.39. The summed E-state index contributed by atoms with van der Waals surface area (Å²) in [5.41, 5.74) is 8.04. The number of hydrogen-bond acceptors (Lipinski definition) is 3. The van der Waals surface area contributed by atoms with Crippen LogP contribution in [0.1, 0.15) is 25.5 Å². The van der Waals surface area contributed by atoms with Crippen molar-refractivity contribution in [3.63, 3.8) is 0 Å². The second kappa shape index (κ2) is 3.88. The van der Waals surface area contributed by atoms with Gasteiger partial charge in [0.1, 0.15) is 0 Å². The maximum absolute atomic E-state index is 10.2. The number of aliphatic hydroxyl groups excluding tert-OH is 1. The summed E-state index contributed by atoms with van der Waals surface area (Å²) in [6, 6.07) is 5.71. The SMILES string of the molecule is CC(C)(CN)C(O)c1ccc2nc[nH]c2c1. The van der Waals surface area contributed by atoms with Gasteiger partial charge in [-0.05, 0) is 17.7 Å². The number of nitrogens with zero attached hydrogens (tertiary/aromatic N) is 1. The normalized spacial score (nSPS) is 14.2. The summed E-state index contributed by atoms with van der Waals surface area (Å²) in [4.78, 5) is 7.17. The number of aromatic amines is 1. The van der Waals surface area contributed by atoms with E-state index in [9.17, 15) is 5.11 Å². The molecule has 0 saturated carbocycles. The van der Waals surface area contributed by atoms with E-state index in [-0.39, 0.29) is 5.41 Å². The molecule has 0 aliphatic carbocycles. The van der Waals surface area contributed by atoms with Crippen LogP contribution in [0.25, 0.3) is 11.0 Å². The Morgan fingerprint density at radius 2 is 2.25 bits per heavy atom. The van der Waals surface area contributed by atoms with Crippen LogP contribution in [0.15, 0.2) is 24.5 Å². The molecule has 1 unspecified atom stereocenters. The lowest BCUT2D eigenvalue weighted by atomic mass is 9.83. The van der Waals surface area contributed by atoms with E-state index in [0.29, 0.717) is 6.54 Å². The minimum absolute atomic E-state index is 0.326. The van der Waals surface area contributed by atoms with Crippen LogP contribution in [0.5, 0.6) is 0 Å². The molecule has 0 spiro atoms. The average Bonchev–Trinajstić information content (AvgIpc) is 2.74. The van der Waals surface area contributed by atoms with Gasteiger partial charge in [-0.2, -0.15) is 0 Å². The first-order valence-electron chi connectivity index (χ1n) is 5.36. The minimum Gasteiger partial charge on any atom is -0.388 e. The molecule has 4 N–H and O–H groups in total. The zero-order valence-corrected chi connectivity index (χ0v) is 9.57. The molecular formula is C12H17N3O. The first kappa shape index (κ1) is 11.1. The lowest BCUT2D eigenvalue weighted by Crippen LogP contribution is -2.30. The molecule has 86 valence electrons. The third-order valence-electron chi connectivity index (χ3n) is 3.03. The van der Waals surface area contributed by atoms with Crippen LogP contribution in [0.4, 0.5) is 0 Å². The maximum Gasteiger partial charge on any atom is 0.0931 e. The van der Waals surface area contributed by atoms with Crippen LogP contribution in [0.2, 0.25) is 0 Å². The predicted molar refractivity (Wildman–Crippen MR) is 63.9 cm³/mol. The average molecular weight is 219 g/mol. The van der Waals surface area contributed by atoms with Gasteiger partial charge in [-0.3, -0.25) is 0 Å². The van der Waals surface area contributed by atoms with Gasteiger partial charge in [-0.1, -0.05) is 19.9 Å². The van der Waals surface area contributed by atoms with Gasteiger partial charge in [-0.25, -0.2) is 4.98 Å². The quantitative estimate of drug-likeness (QED) is 0.733. The van der Waals surface area contributed by atoms with Gasteiger partial charge >= 0.3 is 0 Å². The molecule has 0 fully saturated rings. The summed E-state index contributed by atoms with van der Waals surface area (Å²) >= 11 is 0. The zero-order valence-electron chi connectivity index (χ0n) is 9.57. The summed E-state index contributed by atoms with van der Waals surface area (Å²) in [5.74, 6) is 0. The fourth-order valence-electron chi connectivity index (χ4n) is 1.69. The van der Waals surface area contributed by atoms with Crippen LogP contribution >= 0.6 is 0 Å². The van der Waals surface area contributed by atoms with Gasteiger partial charge in [0, 0.05) is 12.0 Å². The number of fused-ring (bicyclic) bond motifs is 1. The molecule has 1 aromatic heterocycles.